The summed E-state index contributed by atoms with van der Waals surface area (Å²) in [6.07, 6.45) is 19.1. The van der Waals surface area contributed by atoms with Crippen LogP contribution < -0.4 is 20.4 Å². The largest absolute Gasteiger partial charge is 0.550 e. The average Bonchev–Trinajstić information content (AvgIpc) is 2.98. The van der Waals surface area contributed by atoms with Crippen LogP contribution in [0.25, 0.3) is 0 Å². The summed E-state index contributed by atoms with van der Waals surface area (Å²) >= 11 is 0. The Kier molecular flexibility index (Phi) is 48.4. The fourth-order valence-electron chi connectivity index (χ4n) is 4.52. The summed E-state index contributed by atoms with van der Waals surface area (Å²) in [6, 6.07) is 0. The monoisotopic (exact) mass is 836 g/mol. The van der Waals surface area contributed by atoms with Gasteiger partial charge in [0.05, 0.1) is 0 Å². The van der Waals surface area contributed by atoms with Gasteiger partial charge >= 0.3 is 0 Å². The third kappa shape index (κ3) is 38.9. The zero-order valence-electron chi connectivity index (χ0n) is 30.2. The fraction of sp³-hybridized carbons (Fsp3) is 0.889. The normalized spacial score (nSPS) is 12.6. The van der Waals surface area contributed by atoms with Gasteiger partial charge < -0.3 is 39.6 Å². The molecule has 0 saturated heterocycles. The van der Waals surface area contributed by atoms with Crippen molar-refractivity contribution >= 4 is 51.2 Å². The van der Waals surface area contributed by atoms with Crippen molar-refractivity contribution in [1.29, 1.82) is 0 Å². The molecular formula is C36H68O8Pb-4. The predicted molar refractivity (Wildman–Crippen MR) is 177 cm³/mol. The van der Waals surface area contributed by atoms with Crippen molar-refractivity contribution < 1.29 is 39.6 Å². The zero-order valence-corrected chi connectivity index (χ0v) is 34.1. The molecule has 0 aliphatic carbocycles. The minimum atomic E-state index is -0.886. The smallest absolute Gasteiger partial charge is 0.0445 e. The Morgan fingerprint density at radius 1 is 0.356 bits per heavy atom. The summed E-state index contributed by atoms with van der Waals surface area (Å²) in [5.41, 5.74) is 0. The van der Waals surface area contributed by atoms with Crippen LogP contribution in [0.5, 0.6) is 0 Å². The first-order valence-electron chi connectivity index (χ1n) is 17.7. The van der Waals surface area contributed by atoms with E-state index in [0.29, 0.717) is 25.7 Å². The molecule has 4 atom stereocenters. The number of carbonyl (C=O) groups is 4. The van der Waals surface area contributed by atoms with Crippen molar-refractivity contribution in [3.63, 3.8) is 0 Å². The van der Waals surface area contributed by atoms with Crippen LogP contribution in [0.1, 0.15) is 184 Å². The second-order valence-corrected chi connectivity index (χ2v) is 11.7. The van der Waals surface area contributed by atoms with E-state index >= 15 is 0 Å². The van der Waals surface area contributed by atoms with Crippen LogP contribution in [0.3, 0.4) is 0 Å². The number of hydrogen-bond donors (Lipinski definition) is 0. The molecule has 0 aliphatic rings. The molecule has 0 amide bonds. The van der Waals surface area contributed by atoms with Gasteiger partial charge in [0.1, 0.15) is 0 Å². The molecule has 268 valence electrons. The summed E-state index contributed by atoms with van der Waals surface area (Å²) in [6.45, 7) is 16.0. The third-order valence-electron chi connectivity index (χ3n) is 7.93. The third-order valence-corrected chi connectivity index (χ3v) is 7.93. The van der Waals surface area contributed by atoms with Crippen molar-refractivity contribution in [2.24, 2.45) is 23.7 Å². The average molecular weight is 836 g/mol. The minimum absolute atomic E-state index is 0. The van der Waals surface area contributed by atoms with E-state index in [-0.39, 0.29) is 51.0 Å². The molecule has 4 radical (unpaired) electrons. The first kappa shape index (κ1) is 53.3. The maximum Gasteiger partial charge on any atom is 0.0445 e. The summed E-state index contributed by atoms with van der Waals surface area (Å²) in [4.78, 5) is 41.7. The number of aliphatic carboxylic acids is 4. The van der Waals surface area contributed by atoms with E-state index in [0.717, 1.165) is 103 Å². The van der Waals surface area contributed by atoms with E-state index in [4.69, 9.17) is 0 Å². The minimum Gasteiger partial charge on any atom is -0.550 e. The van der Waals surface area contributed by atoms with E-state index < -0.39 is 23.9 Å². The number of carbonyl (C=O) groups excluding carboxylic acids is 4. The SMILES string of the molecule is CCCCCC(CC)C(=O)[O-].CCCCCC(CC)C(=O)[O-].CCCCCC(CC)C(=O)[O-].CCCCCC(CC)C(=O)[O-].[Pb]. The summed E-state index contributed by atoms with van der Waals surface area (Å²) in [5, 5.41) is 41.7. The van der Waals surface area contributed by atoms with E-state index in [1.54, 1.807) is 0 Å². The van der Waals surface area contributed by atoms with Gasteiger partial charge in [-0.25, -0.2) is 0 Å². The van der Waals surface area contributed by atoms with Gasteiger partial charge in [-0.2, -0.15) is 0 Å². The quantitative estimate of drug-likeness (QED) is 0.0972. The number of unbranched alkanes of at least 4 members (excludes halogenated alkanes) is 8. The van der Waals surface area contributed by atoms with Gasteiger partial charge in [0, 0.05) is 51.2 Å². The van der Waals surface area contributed by atoms with Crippen molar-refractivity contribution in [2.45, 2.75) is 184 Å². The number of carboxylic acid groups (broad SMARTS) is 4. The van der Waals surface area contributed by atoms with E-state index in [9.17, 15) is 39.6 Å². The second kappa shape index (κ2) is 40.8. The van der Waals surface area contributed by atoms with Crippen molar-refractivity contribution in [3.05, 3.63) is 0 Å². The Bertz CT molecular complexity index is 559. The number of rotatable bonds is 24. The van der Waals surface area contributed by atoms with Gasteiger partial charge in [0.15, 0.2) is 0 Å². The van der Waals surface area contributed by atoms with E-state index in [1.165, 1.54) is 0 Å². The molecule has 8 nitrogen and oxygen atoms in total. The molecule has 9 heteroatoms. The Morgan fingerprint density at radius 3 is 0.600 bits per heavy atom. The van der Waals surface area contributed by atoms with Gasteiger partial charge in [0.2, 0.25) is 0 Å². The summed E-state index contributed by atoms with van der Waals surface area (Å²) in [7, 11) is 0. The molecule has 0 fully saturated rings. The van der Waals surface area contributed by atoms with Gasteiger partial charge in [-0.1, -0.05) is 132 Å². The maximum absolute atomic E-state index is 10.4. The van der Waals surface area contributed by atoms with Crippen LogP contribution in [-0.4, -0.2) is 51.2 Å². The molecule has 0 N–H and O–H groups in total. The van der Waals surface area contributed by atoms with Crippen LogP contribution in [0.15, 0.2) is 0 Å². The molecule has 0 aliphatic heterocycles. The molecule has 0 aromatic rings. The zero-order chi connectivity index (χ0) is 34.8. The van der Waals surface area contributed by atoms with Gasteiger partial charge in [0.25, 0.3) is 0 Å². The summed E-state index contributed by atoms with van der Waals surface area (Å²) < 4.78 is 0. The fourth-order valence-corrected chi connectivity index (χ4v) is 4.52. The van der Waals surface area contributed by atoms with Crippen LogP contribution in [0.2, 0.25) is 0 Å². The van der Waals surface area contributed by atoms with Crippen LogP contribution in [0, 0.1) is 23.7 Å². The predicted octanol–water partition coefficient (Wildman–Crippen LogP) is 4.99. The molecule has 0 aromatic carbocycles. The summed E-state index contributed by atoms with van der Waals surface area (Å²) in [5.74, 6) is -4.43. The van der Waals surface area contributed by atoms with Gasteiger partial charge in [-0.05, 0) is 75.0 Å². The Hall–Kier alpha value is -1.20. The molecule has 0 spiro atoms. The molecular weight excluding hydrogens is 768 g/mol. The molecule has 0 aromatic heterocycles. The Balaban J connectivity index is -0.000000157. The second-order valence-electron chi connectivity index (χ2n) is 11.7. The van der Waals surface area contributed by atoms with Crippen LogP contribution in [-0.2, 0) is 19.2 Å². The van der Waals surface area contributed by atoms with Crippen LogP contribution >= 0.6 is 0 Å². The Morgan fingerprint density at radius 2 is 0.511 bits per heavy atom. The molecule has 4 unspecified atom stereocenters. The van der Waals surface area contributed by atoms with Gasteiger partial charge in [-0.15, -0.1) is 0 Å². The van der Waals surface area contributed by atoms with E-state index in [2.05, 4.69) is 27.7 Å². The standard InChI is InChI=1S/4C9H18O2.Pb/c4*1-3-5-6-7-8(4-2)9(10)11;/h4*8H,3-7H2,1-2H3,(H,10,11);/p-4. The number of hydrogen-bond acceptors (Lipinski definition) is 8. The molecule has 0 heterocycles. The molecule has 0 bridgehead atoms. The molecule has 0 saturated carbocycles. The van der Waals surface area contributed by atoms with Gasteiger partial charge in [-0.3, -0.25) is 0 Å². The van der Waals surface area contributed by atoms with Crippen molar-refractivity contribution in [1.82, 2.24) is 0 Å². The Labute approximate surface area is 297 Å². The van der Waals surface area contributed by atoms with Crippen molar-refractivity contribution in [2.75, 3.05) is 0 Å². The number of carboxylic acids is 4. The molecule has 0 rings (SSSR count). The topological polar surface area (TPSA) is 161 Å². The first-order chi connectivity index (χ1) is 20.9. The molecule has 45 heavy (non-hydrogen) atoms. The first-order valence-corrected chi connectivity index (χ1v) is 17.7. The van der Waals surface area contributed by atoms with Crippen LogP contribution in [0.4, 0.5) is 0 Å². The maximum atomic E-state index is 10.4. The van der Waals surface area contributed by atoms with E-state index in [1.807, 2.05) is 27.7 Å². The van der Waals surface area contributed by atoms with Crippen molar-refractivity contribution in [3.8, 4) is 0 Å².